The second-order valence-electron chi connectivity index (χ2n) is 2.71. The van der Waals surface area contributed by atoms with E-state index < -0.39 is 0 Å². The van der Waals surface area contributed by atoms with Crippen molar-refractivity contribution < 1.29 is 4.79 Å². The molecule has 1 heterocycles. The molecule has 4 heteroatoms. The van der Waals surface area contributed by atoms with E-state index in [4.69, 9.17) is 5.73 Å². The number of anilines is 1. The largest absolute Gasteiger partial charge is 0.398 e. The number of nitrogens with zero attached hydrogens (tertiary/aromatic N) is 1. The highest BCUT2D eigenvalue weighted by Crippen LogP contribution is 2.11. The van der Waals surface area contributed by atoms with Gasteiger partial charge in [-0.1, -0.05) is 23.9 Å². The summed E-state index contributed by atoms with van der Waals surface area (Å²) in [6, 6.07) is 1.75. The number of nitrogen functional groups attached to an aromatic ring is 1. The summed E-state index contributed by atoms with van der Waals surface area (Å²) < 4.78 is 0. The number of hydrogen-bond donors (Lipinski definition) is 1. The Balaban J connectivity index is 2.52. The van der Waals surface area contributed by atoms with Gasteiger partial charge in [-0.15, -0.1) is 0 Å². The molecule has 1 rings (SSSR count). The fraction of sp³-hybridized carbons (Fsp3) is 0.200. The second kappa shape index (κ2) is 5.44. The Bertz CT molecular complexity index is 350. The number of thioether (sulfide) groups is 1. The Morgan fingerprint density at radius 2 is 2.50 bits per heavy atom. The average Bonchev–Trinajstić information content (AvgIpc) is 2.15. The van der Waals surface area contributed by atoms with Crippen LogP contribution in [0.2, 0.25) is 0 Å². The van der Waals surface area contributed by atoms with Crippen LogP contribution in [0.1, 0.15) is 12.5 Å². The van der Waals surface area contributed by atoms with Gasteiger partial charge in [-0.3, -0.25) is 9.78 Å². The standard InChI is InChI=1S/C10H12N2OS/c1-8(13)14-6-2-3-9-7-12-5-4-10(9)11/h2-5,7H,6H2,1H3,(H2,11,12). The van der Waals surface area contributed by atoms with Crippen molar-refractivity contribution in [3.8, 4) is 0 Å². The Kier molecular flexibility index (Phi) is 4.19. The molecule has 2 N–H and O–H groups in total. The molecule has 0 atom stereocenters. The lowest BCUT2D eigenvalue weighted by atomic mass is 10.2. The minimum atomic E-state index is 0.119. The summed E-state index contributed by atoms with van der Waals surface area (Å²) in [5.41, 5.74) is 7.28. The molecule has 0 aliphatic carbocycles. The monoisotopic (exact) mass is 208 g/mol. The van der Waals surface area contributed by atoms with E-state index in [-0.39, 0.29) is 5.12 Å². The van der Waals surface area contributed by atoms with Gasteiger partial charge in [-0.05, 0) is 6.07 Å². The van der Waals surface area contributed by atoms with Crippen molar-refractivity contribution >= 4 is 28.6 Å². The first-order valence-corrected chi connectivity index (χ1v) is 5.18. The third-order valence-corrected chi connectivity index (χ3v) is 2.33. The van der Waals surface area contributed by atoms with Gasteiger partial charge in [-0.2, -0.15) is 0 Å². The zero-order valence-electron chi connectivity index (χ0n) is 7.93. The molecule has 0 bridgehead atoms. The highest BCUT2D eigenvalue weighted by Gasteiger charge is 1.93. The molecule has 0 saturated carbocycles. The Labute approximate surface area is 87.4 Å². The molecule has 74 valence electrons. The molecule has 0 fully saturated rings. The van der Waals surface area contributed by atoms with Crippen LogP contribution in [0.15, 0.2) is 24.5 Å². The van der Waals surface area contributed by atoms with Crippen molar-refractivity contribution in [1.29, 1.82) is 0 Å². The molecule has 0 radical (unpaired) electrons. The summed E-state index contributed by atoms with van der Waals surface area (Å²) in [5.74, 6) is 0.670. The lowest BCUT2D eigenvalue weighted by molar-refractivity contribution is -0.109. The first kappa shape index (κ1) is 10.8. The van der Waals surface area contributed by atoms with Gasteiger partial charge < -0.3 is 5.73 Å². The van der Waals surface area contributed by atoms with Crippen molar-refractivity contribution in [2.45, 2.75) is 6.92 Å². The quantitative estimate of drug-likeness (QED) is 0.825. The minimum absolute atomic E-state index is 0.119. The van der Waals surface area contributed by atoms with Gasteiger partial charge >= 0.3 is 0 Å². The van der Waals surface area contributed by atoms with Crippen LogP contribution >= 0.6 is 11.8 Å². The molecule has 0 aliphatic rings. The Morgan fingerprint density at radius 3 is 3.14 bits per heavy atom. The van der Waals surface area contributed by atoms with Crippen LogP contribution in [0.4, 0.5) is 5.69 Å². The van der Waals surface area contributed by atoms with Gasteiger partial charge in [0.1, 0.15) is 0 Å². The van der Waals surface area contributed by atoms with Crippen LogP contribution in [-0.2, 0) is 4.79 Å². The predicted octanol–water partition coefficient (Wildman–Crippen LogP) is 1.96. The smallest absolute Gasteiger partial charge is 0.186 e. The maximum Gasteiger partial charge on any atom is 0.186 e. The van der Waals surface area contributed by atoms with Crippen molar-refractivity contribution in [3.63, 3.8) is 0 Å². The maximum atomic E-state index is 10.6. The van der Waals surface area contributed by atoms with E-state index in [9.17, 15) is 4.79 Å². The number of aromatic nitrogens is 1. The molecule has 0 saturated heterocycles. The topological polar surface area (TPSA) is 56.0 Å². The van der Waals surface area contributed by atoms with E-state index in [2.05, 4.69) is 4.98 Å². The van der Waals surface area contributed by atoms with Crippen LogP contribution < -0.4 is 5.73 Å². The van der Waals surface area contributed by atoms with Gasteiger partial charge in [0.2, 0.25) is 0 Å². The first-order chi connectivity index (χ1) is 6.70. The summed E-state index contributed by atoms with van der Waals surface area (Å²) in [5, 5.41) is 0.119. The molecule has 0 amide bonds. The number of hydrogen-bond acceptors (Lipinski definition) is 4. The summed E-state index contributed by atoms with van der Waals surface area (Å²) in [7, 11) is 0. The van der Waals surface area contributed by atoms with Crippen LogP contribution in [0, 0.1) is 0 Å². The highest BCUT2D eigenvalue weighted by atomic mass is 32.2. The summed E-state index contributed by atoms with van der Waals surface area (Å²) in [6.45, 7) is 1.55. The third kappa shape index (κ3) is 3.62. The fourth-order valence-electron chi connectivity index (χ4n) is 0.897. The van der Waals surface area contributed by atoms with Crippen molar-refractivity contribution in [2.24, 2.45) is 0 Å². The molecule has 0 aliphatic heterocycles. The SMILES string of the molecule is CC(=O)SCC=Cc1cnccc1N. The molecule has 0 unspecified atom stereocenters. The van der Waals surface area contributed by atoms with E-state index in [0.717, 1.165) is 5.56 Å². The molecule has 0 spiro atoms. The zero-order chi connectivity index (χ0) is 10.4. The number of carbonyl (C=O) groups is 1. The molecule has 0 aromatic carbocycles. The number of pyridine rings is 1. The second-order valence-corrected chi connectivity index (χ2v) is 3.91. The molecule has 14 heavy (non-hydrogen) atoms. The molecule has 1 aromatic rings. The Hall–Kier alpha value is -1.29. The number of carbonyl (C=O) groups excluding carboxylic acids is 1. The van der Waals surface area contributed by atoms with E-state index >= 15 is 0 Å². The number of rotatable bonds is 3. The van der Waals surface area contributed by atoms with Crippen molar-refractivity contribution in [3.05, 3.63) is 30.1 Å². The summed E-state index contributed by atoms with van der Waals surface area (Å²) in [4.78, 5) is 14.6. The predicted molar refractivity (Wildman–Crippen MR) is 60.8 cm³/mol. The molecule has 1 aromatic heterocycles. The Morgan fingerprint density at radius 1 is 1.71 bits per heavy atom. The fourth-order valence-corrected chi connectivity index (χ4v) is 1.32. The van der Waals surface area contributed by atoms with Crippen molar-refractivity contribution in [1.82, 2.24) is 4.98 Å². The van der Waals surface area contributed by atoms with E-state index in [0.29, 0.717) is 11.4 Å². The van der Waals surface area contributed by atoms with Crippen LogP contribution in [0.3, 0.4) is 0 Å². The molecule has 3 nitrogen and oxygen atoms in total. The van der Waals surface area contributed by atoms with Gasteiger partial charge in [0, 0.05) is 36.3 Å². The van der Waals surface area contributed by atoms with Crippen LogP contribution in [0.25, 0.3) is 6.08 Å². The lowest BCUT2D eigenvalue weighted by Crippen LogP contribution is -1.89. The first-order valence-electron chi connectivity index (χ1n) is 4.19. The molecular weight excluding hydrogens is 196 g/mol. The summed E-state index contributed by atoms with van der Waals surface area (Å²) >= 11 is 1.27. The maximum absolute atomic E-state index is 10.6. The van der Waals surface area contributed by atoms with E-state index in [1.54, 1.807) is 25.4 Å². The lowest BCUT2D eigenvalue weighted by Gasteiger charge is -1.97. The average molecular weight is 208 g/mol. The third-order valence-electron chi connectivity index (χ3n) is 1.57. The highest BCUT2D eigenvalue weighted by molar-refractivity contribution is 8.13. The van der Waals surface area contributed by atoms with Crippen molar-refractivity contribution in [2.75, 3.05) is 11.5 Å². The van der Waals surface area contributed by atoms with Crippen LogP contribution in [-0.4, -0.2) is 15.9 Å². The van der Waals surface area contributed by atoms with E-state index in [1.165, 1.54) is 11.8 Å². The zero-order valence-corrected chi connectivity index (χ0v) is 8.75. The van der Waals surface area contributed by atoms with Gasteiger partial charge in [-0.25, -0.2) is 0 Å². The molecular formula is C10H12N2OS. The van der Waals surface area contributed by atoms with Gasteiger partial charge in [0.15, 0.2) is 5.12 Å². The van der Waals surface area contributed by atoms with Gasteiger partial charge in [0.25, 0.3) is 0 Å². The minimum Gasteiger partial charge on any atom is -0.398 e. The van der Waals surface area contributed by atoms with E-state index in [1.807, 2.05) is 12.2 Å². The number of nitrogens with two attached hydrogens (primary N) is 1. The normalized spacial score (nSPS) is 10.6. The summed E-state index contributed by atoms with van der Waals surface area (Å²) in [6.07, 6.45) is 7.12. The van der Waals surface area contributed by atoms with Crippen LogP contribution in [0.5, 0.6) is 0 Å². The van der Waals surface area contributed by atoms with Gasteiger partial charge in [0.05, 0.1) is 0 Å².